The maximum absolute atomic E-state index is 13.1. The highest BCUT2D eigenvalue weighted by Gasteiger charge is 2.16. The van der Waals surface area contributed by atoms with Gasteiger partial charge in [-0.05, 0) is 72.9 Å². The van der Waals surface area contributed by atoms with Crippen LogP contribution in [-0.2, 0) is 22.9 Å². The third kappa shape index (κ3) is 5.42. The van der Waals surface area contributed by atoms with Crippen molar-refractivity contribution in [2.75, 3.05) is 4.72 Å². The number of para-hydroxylation sites is 1. The number of aromatic carboxylic acids is 1. The summed E-state index contributed by atoms with van der Waals surface area (Å²) >= 11 is 0. The summed E-state index contributed by atoms with van der Waals surface area (Å²) in [6.45, 7) is 0. The third-order valence-corrected chi connectivity index (χ3v) is 5.85. The van der Waals surface area contributed by atoms with Crippen LogP contribution in [0.25, 0.3) is 0 Å². The first-order valence-corrected chi connectivity index (χ1v) is 10.5. The van der Waals surface area contributed by atoms with Crippen LogP contribution in [0.4, 0.5) is 10.1 Å². The van der Waals surface area contributed by atoms with Crippen LogP contribution < -0.4 is 4.72 Å². The molecule has 0 aliphatic rings. The Hall–Kier alpha value is -3.19. The maximum Gasteiger partial charge on any atom is 0.335 e. The van der Waals surface area contributed by atoms with Gasteiger partial charge in [0.05, 0.1) is 16.1 Å². The first-order chi connectivity index (χ1) is 13.8. The van der Waals surface area contributed by atoms with Gasteiger partial charge in [-0.25, -0.2) is 17.6 Å². The van der Waals surface area contributed by atoms with E-state index in [0.717, 1.165) is 29.7 Å². The number of hydrogen-bond donors (Lipinski definition) is 2. The van der Waals surface area contributed by atoms with Crippen molar-refractivity contribution in [3.63, 3.8) is 0 Å². The third-order valence-electron chi connectivity index (χ3n) is 4.47. The van der Waals surface area contributed by atoms with Crippen molar-refractivity contribution in [1.82, 2.24) is 0 Å². The molecule has 0 aliphatic carbocycles. The fourth-order valence-electron chi connectivity index (χ4n) is 3.00. The van der Waals surface area contributed by atoms with Crippen LogP contribution in [0, 0.1) is 5.82 Å². The molecule has 3 aromatic rings. The fraction of sp³-hybridized carbons (Fsp3) is 0.136. The molecule has 2 N–H and O–H groups in total. The Morgan fingerprint density at radius 3 is 2.38 bits per heavy atom. The summed E-state index contributed by atoms with van der Waals surface area (Å²) in [7, 11) is -3.83. The van der Waals surface area contributed by atoms with Crippen LogP contribution in [0.1, 0.15) is 27.9 Å². The molecular formula is C22H20FNO4S. The quantitative estimate of drug-likeness (QED) is 0.570. The molecule has 0 spiro atoms. The average Bonchev–Trinajstić information content (AvgIpc) is 2.69. The van der Waals surface area contributed by atoms with Gasteiger partial charge in [0, 0.05) is 0 Å². The van der Waals surface area contributed by atoms with Crippen molar-refractivity contribution in [2.24, 2.45) is 0 Å². The summed E-state index contributed by atoms with van der Waals surface area (Å²) in [6.07, 6.45) is 2.00. The van der Waals surface area contributed by atoms with E-state index in [1.54, 1.807) is 30.3 Å². The SMILES string of the molecule is O=C(O)c1cccc(CCCc2ccccc2NS(=O)(=O)c2ccc(F)cc2)c1. The van der Waals surface area contributed by atoms with E-state index >= 15 is 0 Å². The normalized spacial score (nSPS) is 11.2. The fourth-order valence-corrected chi connectivity index (χ4v) is 4.10. The molecule has 0 unspecified atom stereocenters. The Bertz CT molecular complexity index is 1110. The highest BCUT2D eigenvalue weighted by Crippen LogP contribution is 2.22. The Kier molecular flexibility index (Phi) is 6.29. The summed E-state index contributed by atoms with van der Waals surface area (Å²) < 4.78 is 40.8. The summed E-state index contributed by atoms with van der Waals surface area (Å²) in [4.78, 5) is 11.1. The minimum absolute atomic E-state index is 0.0146. The van der Waals surface area contributed by atoms with E-state index in [2.05, 4.69) is 4.72 Å². The molecule has 0 atom stereocenters. The van der Waals surface area contributed by atoms with Gasteiger partial charge in [-0.2, -0.15) is 0 Å². The smallest absolute Gasteiger partial charge is 0.335 e. The molecule has 0 fully saturated rings. The predicted octanol–water partition coefficient (Wildman–Crippen LogP) is 4.50. The van der Waals surface area contributed by atoms with Crippen LogP contribution in [-0.4, -0.2) is 19.5 Å². The molecule has 0 saturated carbocycles. The van der Waals surface area contributed by atoms with Crippen LogP contribution in [0.15, 0.2) is 77.7 Å². The van der Waals surface area contributed by atoms with Crippen LogP contribution in [0.3, 0.4) is 0 Å². The molecule has 0 radical (unpaired) electrons. The van der Waals surface area contributed by atoms with E-state index in [0.29, 0.717) is 18.5 Å². The number of carbonyl (C=O) groups is 1. The number of anilines is 1. The van der Waals surface area contributed by atoms with Crippen LogP contribution in [0.5, 0.6) is 0 Å². The number of aryl methyl sites for hydroxylation is 2. The summed E-state index contributed by atoms with van der Waals surface area (Å²) in [5, 5.41) is 9.08. The number of halogens is 1. The predicted molar refractivity (Wildman–Crippen MR) is 109 cm³/mol. The Morgan fingerprint density at radius 1 is 0.931 bits per heavy atom. The number of hydrogen-bond acceptors (Lipinski definition) is 3. The average molecular weight is 413 g/mol. The van der Waals surface area contributed by atoms with Gasteiger partial charge in [-0.15, -0.1) is 0 Å². The largest absolute Gasteiger partial charge is 0.478 e. The molecule has 150 valence electrons. The molecule has 0 bridgehead atoms. The number of rotatable bonds is 8. The van der Waals surface area contributed by atoms with Gasteiger partial charge >= 0.3 is 5.97 Å². The molecule has 0 heterocycles. The minimum atomic E-state index is -3.83. The summed E-state index contributed by atoms with van der Waals surface area (Å²) in [5.41, 5.74) is 2.45. The zero-order valence-electron chi connectivity index (χ0n) is 15.5. The zero-order chi connectivity index (χ0) is 20.9. The highest BCUT2D eigenvalue weighted by molar-refractivity contribution is 7.92. The van der Waals surface area contributed by atoms with Gasteiger partial charge in [-0.3, -0.25) is 4.72 Å². The van der Waals surface area contributed by atoms with Gasteiger partial charge in [0.25, 0.3) is 10.0 Å². The molecule has 5 nitrogen and oxygen atoms in total. The van der Waals surface area contributed by atoms with E-state index in [1.807, 2.05) is 18.2 Å². The van der Waals surface area contributed by atoms with Crippen LogP contribution >= 0.6 is 0 Å². The van der Waals surface area contributed by atoms with Gasteiger partial charge in [0.2, 0.25) is 0 Å². The Labute approximate surface area is 168 Å². The second-order valence-corrected chi connectivity index (χ2v) is 8.26. The van der Waals surface area contributed by atoms with Crippen molar-refractivity contribution in [2.45, 2.75) is 24.2 Å². The van der Waals surface area contributed by atoms with E-state index < -0.39 is 21.8 Å². The Morgan fingerprint density at radius 2 is 1.66 bits per heavy atom. The first kappa shape index (κ1) is 20.5. The molecule has 0 aliphatic heterocycles. The van der Waals surface area contributed by atoms with Crippen molar-refractivity contribution >= 4 is 21.7 Å². The lowest BCUT2D eigenvalue weighted by Gasteiger charge is -2.13. The number of carboxylic acid groups (broad SMARTS) is 1. The molecule has 0 amide bonds. The van der Waals surface area contributed by atoms with E-state index in [1.165, 1.54) is 12.1 Å². The molecule has 29 heavy (non-hydrogen) atoms. The van der Waals surface area contributed by atoms with Crippen molar-refractivity contribution in [1.29, 1.82) is 0 Å². The lowest BCUT2D eigenvalue weighted by atomic mass is 10.0. The lowest BCUT2D eigenvalue weighted by molar-refractivity contribution is 0.0696. The molecule has 3 aromatic carbocycles. The lowest BCUT2D eigenvalue weighted by Crippen LogP contribution is -2.14. The van der Waals surface area contributed by atoms with E-state index in [9.17, 15) is 17.6 Å². The van der Waals surface area contributed by atoms with E-state index in [4.69, 9.17) is 5.11 Å². The molecule has 0 saturated heterocycles. The summed E-state index contributed by atoms with van der Waals surface area (Å²) in [6, 6.07) is 18.5. The van der Waals surface area contributed by atoms with Crippen molar-refractivity contribution < 1.29 is 22.7 Å². The van der Waals surface area contributed by atoms with Crippen molar-refractivity contribution in [3.8, 4) is 0 Å². The van der Waals surface area contributed by atoms with Gasteiger partial charge in [-0.1, -0.05) is 30.3 Å². The number of sulfonamides is 1. The zero-order valence-corrected chi connectivity index (χ0v) is 16.3. The summed E-state index contributed by atoms with van der Waals surface area (Å²) in [5.74, 6) is -1.47. The minimum Gasteiger partial charge on any atom is -0.478 e. The van der Waals surface area contributed by atoms with Gasteiger partial charge < -0.3 is 5.11 Å². The molecule has 0 aromatic heterocycles. The maximum atomic E-state index is 13.1. The second kappa shape index (κ2) is 8.87. The van der Waals surface area contributed by atoms with Crippen LogP contribution in [0.2, 0.25) is 0 Å². The van der Waals surface area contributed by atoms with E-state index in [-0.39, 0.29) is 10.5 Å². The molecule has 3 rings (SSSR count). The monoisotopic (exact) mass is 413 g/mol. The van der Waals surface area contributed by atoms with Gasteiger partial charge in [0.15, 0.2) is 0 Å². The number of nitrogens with one attached hydrogen (secondary N) is 1. The molecule has 7 heteroatoms. The highest BCUT2D eigenvalue weighted by atomic mass is 32.2. The number of carboxylic acids is 1. The second-order valence-electron chi connectivity index (χ2n) is 6.58. The Balaban J connectivity index is 1.70. The molecular weight excluding hydrogens is 393 g/mol. The topological polar surface area (TPSA) is 83.5 Å². The standard InChI is InChI=1S/C22H20FNO4S/c23-19-11-13-20(14-12-19)29(27,28)24-21-10-2-1-7-17(21)8-3-5-16-6-4-9-18(15-16)22(25)26/h1-2,4,6-7,9-15,24H,3,5,8H2,(H,25,26). The van der Waals surface area contributed by atoms with Crippen molar-refractivity contribution in [3.05, 3.63) is 95.3 Å². The first-order valence-electron chi connectivity index (χ1n) is 9.04. The van der Waals surface area contributed by atoms with Gasteiger partial charge in [0.1, 0.15) is 5.82 Å². The number of benzene rings is 3.